The van der Waals surface area contributed by atoms with E-state index in [1.807, 2.05) is 6.92 Å². The second kappa shape index (κ2) is 10.3. The molecule has 4 saturated carbocycles. The van der Waals surface area contributed by atoms with E-state index in [1.54, 1.807) is 0 Å². The Kier molecular flexibility index (Phi) is 7.65. The largest absolute Gasteiger partial charge is 0.458 e. The van der Waals surface area contributed by atoms with Crippen molar-refractivity contribution in [3.8, 4) is 0 Å². The van der Waals surface area contributed by atoms with Gasteiger partial charge in [-0.2, -0.15) is 0 Å². The van der Waals surface area contributed by atoms with Gasteiger partial charge < -0.3 is 14.9 Å². The Bertz CT molecular complexity index is 833. The molecule has 4 aliphatic carbocycles. The van der Waals surface area contributed by atoms with Gasteiger partial charge in [-0.25, -0.2) is 0 Å². The van der Waals surface area contributed by atoms with Gasteiger partial charge in [0.2, 0.25) is 0 Å². The molecular weight excluding hydrogens is 412 g/mol. The van der Waals surface area contributed by atoms with Gasteiger partial charge in [0, 0.05) is 12.8 Å². The van der Waals surface area contributed by atoms with Crippen LogP contribution in [0, 0.1) is 23.2 Å². The normalized spacial score (nSPS) is 38.1. The van der Waals surface area contributed by atoms with Crippen LogP contribution in [0.3, 0.4) is 0 Å². The Hall–Kier alpha value is -1.65. The maximum absolute atomic E-state index is 11.8. The molecule has 0 aromatic rings. The minimum absolute atomic E-state index is 0.0369. The molecule has 4 rings (SSSR count). The van der Waals surface area contributed by atoms with E-state index in [2.05, 4.69) is 37.8 Å². The van der Waals surface area contributed by atoms with Crippen molar-refractivity contribution in [2.45, 2.75) is 103 Å². The number of hydrogen-bond acceptors (Lipinski definition) is 4. The second-order valence-corrected chi connectivity index (χ2v) is 11.1. The van der Waals surface area contributed by atoms with Crippen molar-refractivity contribution < 1.29 is 19.7 Å². The van der Waals surface area contributed by atoms with Crippen LogP contribution in [0.25, 0.3) is 0 Å². The fourth-order valence-corrected chi connectivity index (χ4v) is 6.53. The van der Waals surface area contributed by atoms with Crippen LogP contribution in [0.4, 0.5) is 0 Å². The van der Waals surface area contributed by atoms with E-state index < -0.39 is 12.2 Å². The highest BCUT2D eigenvalue weighted by Crippen LogP contribution is 2.58. The van der Waals surface area contributed by atoms with Crippen LogP contribution in [0.5, 0.6) is 0 Å². The molecular formula is C29H42O4. The molecule has 0 amide bonds. The molecule has 0 heterocycles. The van der Waals surface area contributed by atoms with Gasteiger partial charge in [-0.05, 0) is 98.2 Å². The smallest absolute Gasteiger partial charge is 0.306 e. The number of ether oxygens (including phenoxy) is 1. The molecule has 0 bridgehead atoms. The molecule has 4 fully saturated rings. The van der Waals surface area contributed by atoms with E-state index in [0.717, 1.165) is 24.0 Å². The summed E-state index contributed by atoms with van der Waals surface area (Å²) in [5.74, 6) is 1.68. The molecule has 182 valence electrons. The van der Waals surface area contributed by atoms with Crippen molar-refractivity contribution in [1.82, 2.24) is 0 Å². The van der Waals surface area contributed by atoms with Crippen LogP contribution < -0.4 is 0 Å². The summed E-state index contributed by atoms with van der Waals surface area (Å²) >= 11 is 0. The van der Waals surface area contributed by atoms with Gasteiger partial charge in [-0.1, -0.05) is 44.2 Å². The molecule has 0 aromatic carbocycles. The average molecular weight is 455 g/mol. The molecule has 0 saturated heterocycles. The maximum atomic E-state index is 11.8. The third-order valence-corrected chi connectivity index (χ3v) is 8.81. The van der Waals surface area contributed by atoms with Crippen LogP contribution in [-0.4, -0.2) is 34.5 Å². The lowest BCUT2D eigenvalue weighted by Gasteiger charge is -2.42. The molecule has 6 unspecified atom stereocenters. The van der Waals surface area contributed by atoms with Crippen molar-refractivity contribution in [3.05, 3.63) is 47.6 Å². The number of rotatable bonds is 7. The predicted molar refractivity (Wildman–Crippen MR) is 131 cm³/mol. The molecule has 4 aliphatic rings. The number of carbonyl (C=O) groups excluding carboxylic acids is 1. The molecule has 4 nitrogen and oxygen atoms in total. The second-order valence-electron chi connectivity index (χ2n) is 11.1. The van der Waals surface area contributed by atoms with Gasteiger partial charge in [0.05, 0.1) is 12.2 Å². The zero-order valence-electron chi connectivity index (χ0n) is 20.5. The molecule has 0 aliphatic heterocycles. The average Bonchev–Trinajstić information content (AvgIpc) is 3.57. The Balaban J connectivity index is 1.42. The van der Waals surface area contributed by atoms with Gasteiger partial charge in [0.15, 0.2) is 0 Å². The first-order chi connectivity index (χ1) is 15.8. The summed E-state index contributed by atoms with van der Waals surface area (Å²) < 4.78 is 5.67. The number of allylic oxidation sites excluding steroid dienone is 4. The molecule has 6 atom stereocenters. The molecule has 0 spiro atoms. The van der Waals surface area contributed by atoms with Crippen molar-refractivity contribution in [1.29, 1.82) is 0 Å². The number of aliphatic hydroxyl groups is 2. The Morgan fingerprint density at radius 2 is 2.03 bits per heavy atom. The van der Waals surface area contributed by atoms with Crippen LogP contribution in [-0.2, 0) is 9.53 Å². The van der Waals surface area contributed by atoms with Gasteiger partial charge in [0.25, 0.3) is 0 Å². The molecule has 4 heteroatoms. The Morgan fingerprint density at radius 3 is 2.76 bits per heavy atom. The van der Waals surface area contributed by atoms with Crippen molar-refractivity contribution >= 4 is 5.97 Å². The molecule has 33 heavy (non-hydrogen) atoms. The van der Waals surface area contributed by atoms with Crippen LogP contribution in [0.15, 0.2) is 47.6 Å². The van der Waals surface area contributed by atoms with E-state index in [0.29, 0.717) is 42.4 Å². The highest BCUT2D eigenvalue weighted by molar-refractivity contribution is 5.69. The summed E-state index contributed by atoms with van der Waals surface area (Å²) in [6, 6.07) is 0. The fraction of sp³-hybridized carbons (Fsp3) is 0.690. The highest BCUT2D eigenvalue weighted by atomic mass is 16.5. The minimum atomic E-state index is -0.631. The summed E-state index contributed by atoms with van der Waals surface area (Å²) in [4.78, 5) is 11.8. The molecule has 2 N–H and O–H groups in total. The van der Waals surface area contributed by atoms with Crippen LogP contribution >= 0.6 is 0 Å². The molecule has 0 aromatic heterocycles. The third kappa shape index (κ3) is 5.54. The monoisotopic (exact) mass is 454 g/mol. The molecule has 0 radical (unpaired) electrons. The first-order valence-corrected chi connectivity index (χ1v) is 13.1. The number of fused-ring (bicyclic) bond motifs is 1. The summed E-state index contributed by atoms with van der Waals surface area (Å²) in [5.41, 5.74) is 3.59. The van der Waals surface area contributed by atoms with Gasteiger partial charge in [-0.15, -0.1) is 0 Å². The van der Waals surface area contributed by atoms with E-state index >= 15 is 0 Å². The fourth-order valence-electron chi connectivity index (χ4n) is 6.53. The predicted octanol–water partition coefficient (Wildman–Crippen LogP) is 5.81. The van der Waals surface area contributed by atoms with E-state index in [-0.39, 0.29) is 12.1 Å². The van der Waals surface area contributed by atoms with Gasteiger partial charge >= 0.3 is 5.97 Å². The van der Waals surface area contributed by atoms with E-state index in [1.165, 1.54) is 44.1 Å². The van der Waals surface area contributed by atoms with Crippen molar-refractivity contribution in [2.75, 3.05) is 0 Å². The standard InChI is InChI=1S/C29H42O4/c1-4-28(32)33-27(21-11-12-21)9-5-8-23-14-15-25-20(7-6-16-29(23,25)3)10-13-22-17-24(30)18-26(31)19(22)2/h5,9-10,13,21,23-27,30-31H,2,4,6-8,11-12,14-18H2,1,3H3/b9-5+,20-10+,22-13-. The third-order valence-electron chi connectivity index (χ3n) is 8.81. The zero-order valence-corrected chi connectivity index (χ0v) is 20.5. The summed E-state index contributed by atoms with van der Waals surface area (Å²) in [7, 11) is 0. The van der Waals surface area contributed by atoms with Crippen LogP contribution in [0.1, 0.15) is 84.5 Å². The highest BCUT2D eigenvalue weighted by Gasteiger charge is 2.48. The Labute approximate surface area is 199 Å². The lowest BCUT2D eigenvalue weighted by Crippen LogP contribution is -2.33. The number of hydrogen-bond donors (Lipinski definition) is 2. The zero-order chi connectivity index (χ0) is 23.6. The van der Waals surface area contributed by atoms with Crippen molar-refractivity contribution in [3.63, 3.8) is 0 Å². The summed E-state index contributed by atoms with van der Waals surface area (Å²) in [6.45, 7) is 8.39. The van der Waals surface area contributed by atoms with E-state index in [9.17, 15) is 15.0 Å². The lowest BCUT2D eigenvalue weighted by atomic mass is 9.63. The topological polar surface area (TPSA) is 66.8 Å². The first-order valence-electron chi connectivity index (χ1n) is 13.1. The van der Waals surface area contributed by atoms with Gasteiger partial charge in [-0.3, -0.25) is 4.79 Å². The quantitative estimate of drug-likeness (QED) is 0.376. The Morgan fingerprint density at radius 1 is 1.24 bits per heavy atom. The van der Waals surface area contributed by atoms with E-state index in [4.69, 9.17) is 4.74 Å². The summed E-state index contributed by atoms with van der Waals surface area (Å²) in [6.07, 6.45) is 18.6. The number of esters is 1. The first kappa shape index (κ1) is 24.5. The minimum Gasteiger partial charge on any atom is -0.458 e. The number of carbonyl (C=O) groups is 1. The SMILES string of the molecule is C=C1/C(=C\C=C2/CCCC3(C)C(C/C=C/C(OC(=O)CC)C4CC4)CCC23)CC(O)CC1O. The van der Waals surface area contributed by atoms with Gasteiger partial charge in [0.1, 0.15) is 6.10 Å². The van der Waals surface area contributed by atoms with Crippen LogP contribution in [0.2, 0.25) is 0 Å². The summed E-state index contributed by atoms with van der Waals surface area (Å²) in [5, 5.41) is 20.2. The maximum Gasteiger partial charge on any atom is 0.306 e. The van der Waals surface area contributed by atoms with Crippen molar-refractivity contribution in [2.24, 2.45) is 23.2 Å². The number of aliphatic hydroxyl groups excluding tert-OH is 2. The lowest BCUT2D eigenvalue weighted by molar-refractivity contribution is -0.147.